The maximum absolute atomic E-state index is 12.1. The molecule has 15 heavy (non-hydrogen) atoms. The number of nitrogens with zero attached hydrogens (tertiary/aromatic N) is 1. The molecular weight excluding hydrogens is 192 g/mol. The van der Waals surface area contributed by atoms with E-state index in [4.69, 9.17) is 0 Å². The minimum atomic E-state index is -0.752. The molecule has 0 saturated carbocycles. The highest BCUT2D eigenvalue weighted by atomic mass is 16.2. The van der Waals surface area contributed by atoms with Gasteiger partial charge in [0.2, 0.25) is 11.8 Å². The van der Waals surface area contributed by atoms with Gasteiger partial charge in [-0.1, -0.05) is 13.8 Å². The first-order valence-electron chi connectivity index (χ1n) is 5.54. The van der Waals surface area contributed by atoms with Crippen LogP contribution in [0.5, 0.6) is 0 Å². The lowest BCUT2D eigenvalue weighted by Crippen LogP contribution is -2.65. The van der Waals surface area contributed by atoms with Crippen LogP contribution in [0.15, 0.2) is 0 Å². The molecule has 1 aliphatic rings. The van der Waals surface area contributed by atoms with Gasteiger partial charge >= 0.3 is 0 Å². The lowest BCUT2D eigenvalue weighted by atomic mass is 9.97. The summed E-state index contributed by atoms with van der Waals surface area (Å²) in [6.45, 7) is 7.79. The Morgan fingerprint density at radius 3 is 2.33 bits per heavy atom. The first kappa shape index (κ1) is 12.0. The van der Waals surface area contributed by atoms with Crippen LogP contribution in [0.2, 0.25) is 0 Å². The summed E-state index contributed by atoms with van der Waals surface area (Å²) in [4.78, 5) is 25.2. The highest BCUT2D eigenvalue weighted by Gasteiger charge is 2.40. The van der Waals surface area contributed by atoms with Gasteiger partial charge in [-0.3, -0.25) is 9.59 Å². The van der Waals surface area contributed by atoms with E-state index >= 15 is 0 Å². The summed E-state index contributed by atoms with van der Waals surface area (Å²) in [6.07, 6.45) is 1.79. The number of amides is 2. The number of carbonyl (C=O) groups is 2. The number of hydrogen-bond donors (Lipinski definition) is 1. The van der Waals surface area contributed by atoms with Gasteiger partial charge in [0.15, 0.2) is 0 Å². The van der Waals surface area contributed by atoms with Gasteiger partial charge in [0.05, 0.1) is 6.54 Å². The van der Waals surface area contributed by atoms with E-state index in [1.807, 2.05) is 13.8 Å². The van der Waals surface area contributed by atoms with Gasteiger partial charge in [-0.2, -0.15) is 0 Å². The topological polar surface area (TPSA) is 49.4 Å². The first-order valence-corrected chi connectivity index (χ1v) is 5.54. The van der Waals surface area contributed by atoms with Gasteiger partial charge in [0, 0.05) is 6.04 Å². The summed E-state index contributed by atoms with van der Waals surface area (Å²) in [7, 11) is 0. The summed E-state index contributed by atoms with van der Waals surface area (Å²) < 4.78 is 0. The number of hydrogen-bond acceptors (Lipinski definition) is 2. The molecule has 0 unspecified atom stereocenters. The van der Waals surface area contributed by atoms with Crippen LogP contribution in [0.4, 0.5) is 0 Å². The van der Waals surface area contributed by atoms with Gasteiger partial charge < -0.3 is 10.2 Å². The second kappa shape index (κ2) is 4.21. The highest BCUT2D eigenvalue weighted by Crippen LogP contribution is 2.18. The van der Waals surface area contributed by atoms with Crippen molar-refractivity contribution in [2.75, 3.05) is 6.54 Å². The normalized spacial score (nSPS) is 20.7. The molecular formula is C11H20N2O2. The van der Waals surface area contributed by atoms with E-state index in [0.717, 1.165) is 12.8 Å². The Morgan fingerprint density at radius 2 is 1.87 bits per heavy atom. The molecule has 0 aliphatic carbocycles. The van der Waals surface area contributed by atoms with Gasteiger partial charge in [-0.05, 0) is 26.7 Å². The SMILES string of the molecule is CCC(CC)N1CC(=O)NC(C)(C)C1=O. The van der Waals surface area contributed by atoms with Crippen molar-refractivity contribution in [2.24, 2.45) is 0 Å². The Balaban J connectivity index is 2.88. The first-order chi connectivity index (χ1) is 6.92. The van der Waals surface area contributed by atoms with Crippen LogP contribution in [0, 0.1) is 0 Å². The number of carbonyl (C=O) groups excluding carboxylic acids is 2. The van der Waals surface area contributed by atoms with Gasteiger partial charge in [-0.25, -0.2) is 0 Å². The largest absolute Gasteiger partial charge is 0.341 e. The summed E-state index contributed by atoms with van der Waals surface area (Å²) in [5, 5.41) is 2.71. The van der Waals surface area contributed by atoms with Crippen molar-refractivity contribution in [3.63, 3.8) is 0 Å². The quantitative estimate of drug-likeness (QED) is 0.756. The van der Waals surface area contributed by atoms with E-state index in [1.54, 1.807) is 18.7 Å². The molecule has 0 atom stereocenters. The fraction of sp³-hybridized carbons (Fsp3) is 0.818. The molecule has 0 aromatic heterocycles. The molecule has 0 aromatic carbocycles. The van der Waals surface area contributed by atoms with E-state index in [9.17, 15) is 9.59 Å². The van der Waals surface area contributed by atoms with E-state index in [0.29, 0.717) is 0 Å². The molecule has 0 spiro atoms. The molecule has 1 saturated heterocycles. The second-order valence-corrected chi connectivity index (χ2v) is 4.58. The van der Waals surface area contributed by atoms with Crippen molar-refractivity contribution >= 4 is 11.8 Å². The third-order valence-electron chi connectivity index (χ3n) is 2.94. The Bertz CT molecular complexity index is 270. The van der Waals surface area contributed by atoms with Crippen molar-refractivity contribution in [1.82, 2.24) is 10.2 Å². The molecule has 2 amide bonds. The smallest absolute Gasteiger partial charge is 0.248 e. The Morgan fingerprint density at radius 1 is 1.33 bits per heavy atom. The van der Waals surface area contributed by atoms with Crippen molar-refractivity contribution in [3.05, 3.63) is 0 Å². The molecule has 1 N–H and O–H groups in total. The molecule has 86 valence electrons. The van der Waals surface area contributed by atoms with Gasteiger partial charge in [0.25, 0.3) is 0 Å². The Kier molecular flexibility index (Phi) is 3.37. The summed E-state index contributed by atoms with van der Waals surface area (Å²) >= 11 is 0. The van der Waals surface area contributed by atoms with Crippen LogP contribution in [0.1, 0.15) is 40.5 Å². The zero-order chi connectivity index (χ0) is 11.6. The summed E-state index contributed by atoms with van der Waals surface area (Å²) in [5.74, 6) is -0.0395. The van der Waals surface area contributed by atoms with Crippen molar-refractivity contribution in [2.45, 2.75) is 52.1 Å². The number of rotatable bonds is 3. The van der Waals surface area contributed by atoms with E-state index in [-0.39, 0.29) is 24.4 Å². The molecule has 1 aliphatic heterocycles. The average molecular weight is 212 g/mol. The highest BCUT2D eigenvalue weighted by molar-refractivity contribution is 5.97. The zero-order valence-corrected chi connectivity index (χ0v) is 9.96. The monoisotopic (exact) mass is 212 g/mol. The predicted octanol–water partition coefficient (Wildman–Crippen LogP) is 0.912. The minimum Gasteiger partial charge on any atom is -0.341 e. The van der Waals surface area contributed by atoms with E-state index in [1.165, 1.54) is 0 Å². The zero-order valence-electron chi connectivity index (χ0n) is 9.96. The van der Waals surface area contributed by atoms with Crippen LogP contribution in [0.25, 0.3) is 0 Å². The molecule has 4 heteroatoms. The van der Waals surface area contributed by atoms with Gasteiger partial charge in [0.1, 0.15) is 5.54 Å². The van der Waals surface area contributed by atoms with Crippen LogP contribution in [-0.2, 0) is 9.59 Å². The maximum Gasteiger partial charge on any atom is 0.248 e. The standard InChI is InChI=1S/C11H20N2O2/c1-5-8(6-2)13-7-9(14)12-11(3,4)10(13)15/h8H,5-7H2,1-4H3,(H,12,14). The molecule has 0 bridgehead atoms. The van der Waals surface area contributed by atoms with Crippen molar-refractivity contribution in [1.29, 1.82) is 0 Å². The molecule has 1 fully saturated rings. The van der Waals surface area contributed by atoms with Crippen molar-refractivity contribution < 1.29 is 9.59 Å². The third-order valence-corrected chi connectivity index (χ3v) is 2.94. The minimum absolute atomic E-state index is 0.0239. The van der Waals surface area contributed by atoms with E-state index in [2.05, 4.69) is 5.32 Å². The molecule has 0 aromatic rings. The predicted molar refractivity (Wildman–Crippen MR) is 58.3 cm³/mol. The summed E-state index contributed by atoms with van der Waals surface area (Å²) in [5.41, 5.74) is -0.752. The maximum atomic E-state index is 12.1. The molecule has 0 radical (unpaired) electrons. The Hall–Kier alpha value is -1.06. The van der Waals surface area contributed by atoms with Crippen LogP contribution in [-0.4, -0.2) is 34.8 Å². The van der Waals surface area contributed by atoms with Gasteiger partial charge in [-0.15, -0.1) is 0 Å². The Labute approximate surface area is 91.0 Å². The summed E-state index contributed by atoms with van der Waals surface area (Å²) in [6, 6.07) is 0.183. The third kappa shape index (κ3) is 2.30. The second-order valence-electron chi connectivity index (χ2n) is 4.58. The van der Waals surface area contributed by atoms with Crippen LogP contribution in [0.3, 0.4) is 0 Å². The van der Waals surface area contributed by atoms with Crippen LogP contribution < -0.4 is 5.32 Å². The lowest BCUT2D eigenvalue weighted by molar-refractivity contribution is -0.151. The molecule has 1 rings (SSSR count). The fourth-order valence-electron chi connectivity index (χ4n) is 2.05. The van der Waals surface area contributed by atoms with Crippen LogP contribution >= 0.6 is 0 Å². The number of piperazine rings is 1. The average Bonchev–Trinajstić information content (AvgIpc) is 2.14. The van der Waals surface area contributed by atoms with E-state index < -0.39 is 5.54 Å². The molecule has 4 nitrogen and oxygen atoms in total. The fourth-order valence-corrected chi connectivity index (χ4v) is 2.05. The lowest BCUT2D eigenvalue weighted by Gasteiger charge is -2.41. The molecule has 1 heterocycles. The van der Waals surface area contributed by atoms with Crippen molar-refractivity contribution in [3.8, 4) is 0 Å². The number of nitrogens with one attached hydrogen (secondary N) is 1.